The van der Waals surface area contributed by atoms with E-state index in [9.17, 15) is 9.59 Å². The number of rotatable bonds is 6. The number of aromatic nitrogens is 2. The third-order valence-electron chi connectivity index (χ3n) is 4.76. The average Bonchev–Trinajstić information content (AvgIpc) is 2.74. The van der Waals surface area contributed by atoms with E-state index >= 15 is 0 Å². The van der Waals surface area contributed by atoms with E-state index in [1.54, 1.807) is 19.1 Å². The molecule has 6 heteroatoms. The molecule has 1 unspecified atom stereocenters. The van der Waals surface area contributed by atoms with Gasteiger partial charge in [0.25, 0.3) is 11.5 Å². The number of amides is 1. The number of hydrogen-bond acceptors (Lipinski definition) is 4. The molecule has 144 valence electrons. The van der Waals surface area contributed by atoms with Crippen LogP contribution in [-0.2, 0) is 6.54 Å². The van der Waals surface area contributed by atoms with Crippen molar-refractivity contribution in [2.45, 2.75) is 19.5 Å². The van der Waals surface area contributed by atoms with Crippen molar-refractivity contribution in [2.75, 3.05) is 14.2 Å². The van der Waals surface area contributed by atoms with Gasteiger partial charge in [0.2, 0.25) is 0 Å². The molecule has 0 fully saturated rings. The van der Waals surface area contributed by atoms with Gasteiger partial charge in [0.15, 0.2) is 0 Å². The Hall–Kier alpha value is -3.41. The van der Waals surface area contributed by atoms with Gasteiger partial charge in [-0.1, -0.05) is 42.5 Å². The van der Waals surface area contributed by atoms with Crippen LogP contribution in [0.2, 0.25) is 0 Å². The second-order valence-electron chi connectivity index (χ2n) is 6.57. The number of carbonyl (C=O) groups excluding carboxylic acids is 1. The predicted molar refractivity (Wildman–Crippen MR) is 108 cm³/mol. The third-order valence-corrected chi connectivity index (χ3v) is 4.76. The summed E-state index contributed by atoms with van der Waals surface area (Å²) in [6.45, 7) is 2.26. The largest absolute Gasteiger partial charge is 0.497 e. The fourth-order valence-corrected chi connectivity index (χ4v) is 2.90. The molecule has 0 saturated carbocycles. The van der Waals surface area contributed by atoms with Gasteiger partial charge in [-0.15, -0.1) is 0 Å². The van der Waals surface area contributed by atoms with Crippen molar-refractivity contribution in [3.63, 3.8) is 0 Å². The van der Waals surface area contributed by atoms with E-state index in [1.165, 1.54) is 16.8 Å². The zero-order valence-corrected chi connectivity index (χ0v) is 16.2. The summed E-state index contributed by atoms with van der Waals surface area (Å²) >= 11 is 0. The van der Waals surface area contributed by atoms with Crippen LogP contribution in [0, 0.1) is 0 Å². The fraction of sp³-hybridized carbons (Fsp3) is 0.227. The molecule has 0 radical (unpaired) electrons. The van der Waals surface area contributed by atoms with Gasteiger partial charge in [-0.05, 0) is 36.2 Å². The maximum Gasteiger partial charge on any atom is 0.274 e. The van der Waals surface area contributed by atoms with Crippen LogP contribution < -0.4 is 10.3 Å². The number of nitrogens with zero attached hydrogens (tertiary/aromatic N) is 3. The van der Waals surface area contributed by atoms with Crippen molar-refractivity contribution in [3.05, 3.63) is 93.9 Å². The minimum atomic E-state index is -0.245. The van der Waals surface area contributed by atoms with Crippen molar-refractivity contribution >= 4 is 5.91 Å². The molecule has 6 nitrogen and oxygen atoms in total. The Bertz CT molecular complexity index is 998. The van der Waals surface area contributed by atoms with Gasteiger partial charge in [0.05, 0.1) is 19.7 Å². The lowest BCUT2D eigenvalue weighted by Gasteiger charge is -2.25. The summed E-state index contributed by atoms with van der Waals surface area (Å²) in [5.41, 5.74) is 1.92. The molecule has 0 saturated heterocycles. The van der Waals surface area contributed by atoms with Crippen molar-refractivity contribution in [2.24, 2.45) is 0 Å². The Kier molecular flexibility index (Phi) is 5.89. The lowest BCUT2D eigenvalue weighted by molar-refractivity contribution is 0.0734. The number of benzene rings is 2. The molecule has 0 spiro atoms. The van der Waals surface area contributed by atoms with Gasteiger partial charge in [0, 0.05) is 13.1 Å². The van der Waals surface area contributed by atoms with Crippen molar-refractivity contribution in [1.29, 1.82) is 0 Å². The van der Waals surface area contributed by atoms with Crippen molar-refractivity contribution in [1.82, 2.24) is 14.7 Å². The van der Waals surface area contributed by atoms with Crippen LogP contribution in [0.15, 0.2) is 71.5 Å². The summed E-state index contributed by atoms with van der Waals surface area (Å²) < 4.78 is 6.49. The van der Waals surface area contributed by atoms with E-state index in [0.717, 1.165) is 16.9 Å². The first-order valence-corrected chi connectivity index (χ1v) is 9.03. The van der Waals surface area contributed by atoms with E-state index in [4.69, 9.17) is 4.74 Å². The summed E-state index contributed by atoms with van der Waals surface area (Å²) in [7, 11) is 3.34. The monoisotopic (exact) mass is 377 g/mol. The van der Waals surface area contributed by atoms with Gasteiger partial charge in [-0.25, -0.2) is 4.68 Å². The van der Waals surface area contributed by atoms with Crippen LogP contribution in [0.25, 0.3) is 0 Å². The molecule has 1 amide bonds. The molecule has 3 rings (SSSR count). The number of methoxy groups -OCH3 is 1. The lowest BCUT2D eigenvalue weighted by atomic mass is 10.1. The van der Waals surface area contributed by atoms with E-state index in [-0.39, 0.29) is 23.2 Å². The first-order chi connectivity index (χ1) is 13.5. The van der Waals surface area contributed by atoms with Gasteiger partial charge in [0.1, 0.15) is 11.4 Å². The molecule has 0 aliphatic heterocycles. The third kappa shape index (κ3) is 4.28. The molecular weight excluding hydrogens is 354 g/mol. The van der Waals surface area contributed by atoms with E-state index in [2.05, 4.69) is 5.10 Å². The highest BCUT2D eigenvalue weighted by Gasteiger charge is 2.21. The quantitative estimate of drug-likeness (QED) is 0.662. The molecule has 3 aromatic rings. The van der Waals surface area contributed by atoms with Crippen molar-refractivity contribution in [3.8, 4) is 5.75 Å². The normalized spacial score (nSPS) is 11.7. The molecule has 1 atom stereocenters. The van der Waals surface area contributed by atoms with Crippen LogP contribution in [0.1, 0.15) is 34.6 Å². The van der Waals surface area contributed by atoms with E-state index < -0.39 is 0 Å². The Morgan fingerprint density at radius 3 is 2.39 bits per heavy atom. The van der Waals surface area contributed by atoms with Crippen LogP contribution in [0.5, 0.6) is 5.75 Å². The smallest absolute Gasteiger partial charge is 0.274 e. The van der Waals surface area contributed by atoms with Crippen LogP contribution >= 0.6 is 0 Å². The minimum absolute atomic E-state index is 0.158. The fourth-order valence-electron chi connectivity index (χ4n) is 2.90. The second-order valence-corrected chi connectivity index (χ2v) is 6.57. The minimum Gasteiger partial charge on any atom is -0.497 e. The number of ether oxygens (including phenoxy) is 1. The highest BCUT2D eigenvalue weighted by atomic mass is 16.5. The molecule has 1 heterocycles. The first-order valence-electron chi connectivity index (χ1n) is 9.03. The summed E-state index contributed by atoms with van der Waals surface area (Å²) in [4.78, 5) is 26.7. The predicted octanol–water partition coefficient (Wildman–Crippen LogP) is 3.13. The van der Waals surface area contributed by atoms with Gasteiger partial charge in [-0.3, -0.25) is 9.59 Å². The van der Waals surface area contributed by atoms with Crippen molar-refractivity contribution < 1.29 is 9.53 Å². The van der Waals surface area contributed by atoms with Gasteiger partial charge < -0.3 is 9.64 Å². The highest BCUT2D eigenvalue weighted by Crippen LogP contribution is 2.22. The maximum atomic E-state index is 12.9. The molecular formula is C22H23N3O3. The lowest BCUT2D eigenvalue weighted by Crippen LogP contribution is -2.33. The number of carbonyl (C=O) groups is 1. The van der Waals surface area contributed by atoms with Crippen LogP contribution in [0.3, 0.4) is 0 Å². The van der Waals surface area contributed by atoms with E-state index in [1.807, 2.05) is 61.5 Å². The maximum absolute atomic E-state index is 12.9. The zero-order chi connectivity index (χ0) is 20.1. The Balaban J connectivity index is 1.80. The highest BCUT2D eigenvalue weighted by molar-refractivity contribution is 5.92. The Labute approximate surface area is 164 Å². The number of hydrogen-bond donors (Lipinski definition) is 0. The van der Waals surface area contributed by atoms with E-state index in [0.29, 0.717) is 6.54 Å². The standard InChI is InChI=1S/C22H23N3O3/c1-16(18-9-11-19(28-3)12-10-18)24(2)22(27)20-13-14-21(26)25(23-20)15-17-7-5-4-6-8-17/h4-14,16H,15H2,1-3H3. The Morgan fingerprint density at radius 1 is 1.07 bits per heavy atom. The summed E-state index contributed by atoms with van der Waals surface area (Å²) in [5.74, 6) is 0.518. The molecule has 0 bridgehead atoms. The van der Waals surface area contributed by atoms with Gasteiger partial charge in [-0.2, -0.15) is 5.10 Å². The molecule has 0 N–H and O–H groups in total. The molecule has 0 aliphatic carbocycles. The van der Waals surface area contributed by atoms with Crippen LogP contribution in [0.4, 0.5) is 0 Å². The van der Waals surface area contributed by atoms with Gasteiger partial charge >= 0.3 is 0 Å². The summed E-state index contributed by atoms with van der Waals surface area (Å²) in [5, 5.41) is 4.28. The Morgan fingerprint density at radius 2 is 1.75 bits per heavy atom. The first kappa shape index (κ1) is 19.4. The second kappa shape index (κ2) is 8.52. The molecule has 2 aromatic carbocycles. The van der Waals surface area contributed by atoms with Crippen LogP contribution in [-0.4, -0.2) is 34.7 Å². The molecule has 0 aliphatic rings. The summed E-state index contributed by atoms with van der Waals surface area (Å²) in [6.07, 6.45) is 0. The molecule has 1 aromatic heterocycles. The summed E-state index contributed by atoms with van der Waals surface area (Å²) in [6, 6.07) is 19.8. The molecule has 28 heavy (non-hydrogen) atoms. The zero-order valence-electron chi connectivity index (χ0n) is 16.2. The topological polar surface area (TPSA) is 64.4 Å². The SMILES string of the molecule is COc1ccc(C(C)N(C)C(=O)c2ccc(=O)n(Cc3ccccc3)n2)cc1. The average molecular weight is 377 g/mol.